The summed E-state index contributed by atoms with van der Waals surface area (Å²) in [5.74, 6) is 0.903. The molecule has 2 fully saturated rings. The van der Waals surface area contributed by atoms with Crippen LogP contribution in [-0.4, -0.2) is 58.7 Å². The van der Waals surface area contributed by atoms with Gasteiger partial charge in [0.15, 0.2) is 5.76 Å². The molecule has 0 bridgehead atoms. The third kappa shape index (κ3) is 3.22. The fourth-order valence-electron chi connectivity index (χ4n) is 3.50. The van der Waals surface area contributed by atoms with Crippen LogP contribution in [-0.2, 0) is 11.3 Å². The van der Waals surface area contributed by atoms with Crippen molar-refractivity contribution < 1.29 is 13.9 Å². The van der Waals surface area contributed by atoms with Crippen LogP contribution in [0, 0.1) is 0 Å². The number of hydrogen-bond donors (Lipinski definition) is 1. The number of aromatic nitrogens is 2. The minimum Gasteiger partial charge on any atom is -0.454 e. The highest BCUT2D eigenvalue weighted by Gasteiger charge is 2.35. The van der Waals surface area contributed by atoms with E-state index >= 15 is 0 Å². The minimum absolute atomic E-state index is 0.0257. The second-order valence-electron chi connectivity index (χ2n) is 6.43. The van der Waals surface area contributed by atoms with Crippen LogP contribution in [0.2, 0.25) is 0 Å². The van der Waals surface area contributed by atoms with Gasteiger partial charge in [0.2, 0.25) is 0 Å². The Morgan fingerprint density at radius 3 is 2.96 bits per heavy atom. The van der Waals surface area contributed by atoms with Gasteiger partial charge >= 0.3 is 0 Å². The lowest BCUT2D eigenvalue weighted by Gasteiger charge is -2.27. The van der Waals surface area contributed by atoms with Crippen LogP contribution < -0.4 is 5.32 Å². The fourth-order valence-corrected chi connectivity index (χ4v) is 3.50. The lowest BCUT2D eigenvalue weighted by atomic mass is 10.1. The van der Waals surface area contributed by atoms with Gasteiger partial charge in [0.1, 0.15) is 5.76 Å². The third-order valence-electron chi connectivity index (χ3n) is 4.76. The van der Waals surface area contributed by atoms with Crippen molar-refractivity contribution in [2.45, 2.75) is 31.5 Å². The van der Waals surface area contributed by atoms with Gasteiger partial charge in [-0.15, -0.1) is 0 Å². The Morgan fingerprint density at radius 1 is 1.29 bits per heavy atom. The van der Waals surface area contributed by atoms with Gasteiger partial charge in [-0.25, -0.2) is 4.98 Å². The van der Waals surface area contributed by atoms with E-state index in [2.05, 4.69) is 15.2 Å². The fraction of sp³-hybridized carbons (Fsp3) is 0.529. The molecule has 2 saturated heterocycles. The predicted octanol–water partition coefficient (Wildman–Crippen LogP) is 1.12. The molecule has 0 spiro atoms. The topological polar surface area (TPSA) is 72.5 Å². The summed E-state index contributed by atoms with van der Waals surface area (Å²) in [6.07, 6.45) is 7.76. The van der Waals surface area contributed by atoms with E-state index in [0.29, 0.717) is 25.5 Å². The Bertz CT molecular complexity index is 676. The summed E-state index contributed by atoms with van der Waals surface area (Å²) in [6, 6.07) is 3.86. The zero-order valence-electron chi connectivity index (χ0n) is 13.6. The number of carbonyl (C=O) groups excluding carboxylic acids is 1. The molecule has 0 unspecified atom stereocenters. The molecule has 2 atom stereocenters. The summed E-state index contributed by atoms with van der Waals surface area (Å²) in [7, 11) is 0. The molecular weight excluding hydrogens is 308 g/mol. The summed E-state index contributed by atoms with van der Waals surface area (Å²) in [4.78, 5) is 18.9. The molecule has 128 valence electrons. The summed E-state index contributed by atoms with van der Waals surface area (Å²) >= 11 is 0. The molecule has 1 N–H and O–H groups in total. The van der Waals surface area contributed by atoms with E-state index < -0.39 is 0 Å². The van der Waals surface area contributed by atoms with E-state index in [9.17, 15) is 4.79 Å². The van der Waals surface area contributed by atoms with Crippen LogP contribution in [0.4, 0.5) is 0 Å². The van der Waals surface area contributed by atoms with Crippen molar-refractivity contribution in [3.63, 3.8) is 0 Å². The average molecular weight is 330 g/mol. The van der Waals surface area contributed by atoms with Crippen LogP contribution in [0.1, 0.15) is 29.2 Å². The molecule has 4 heterocycles. The Morgan fingerprint density at radius 2 is 2.17 bits per heavy atom. The Kier molecular flexibility index (Phi) is 4.36. The van der Waals surface area contributed by atoms with E-state index in [-0.39, 0.29) is 18.0 Å². The van der Waals surface area contributed by atoms with Crippen molar-refractivity contribution in [1.82, 2.24) is 19.8 Å². The molecule has 0 aromatic carbocycles. The number of imidazole rings is 1. The summed E-state index contributed by atoms with van der Waals surface area (Å²) in [5, 5.41) is 3.08. The van der Waals surface area contributed by atoms with Crippen LogP contribution in [0.3, 0.4) is 0 Å². The van der Waals surface area contributed by atoms with E-state index in [0.717, 1.165) is 18.8 Å². The number of likely N-dealkylation sites (tertiary alicyclic amines) is 1. The van der Waals surface area contributed by atoms with Crippen molar-refractivity contribution in [1.29, 1.82) is 0 Å². The standard InChI is InChI=1S/C17H22N4O3/c22-17(16-4-3-13(24-16)9-20-8-5-18-12-20)19-14-10-23-11-15(14)21-6-1-2-7-21/h3-5,8,12,14-15H,1-2,6-7,9-11H2,(H,19,22)/t14-,15-/m0/s1. The molecule has 2 aliphatic heterocycles. The molecule has 0 saturated carbocycles. The van der Waals surface area contributed by atoms with Gasteiger partial charge in [-0.2, -0.15) is 0 Å². The van der Waals surface area contributed by atoms with E-state index in [4.69, 9.17) is 9.15 Å². The lowest BCUT2D eigenvalue weighted by Crippen LogP contribution is -2.50. The number of amides is 1. The molecule has 7 nitrogen and oxygen atoms in total. The highest BCUT2D eigenvalue weighted by Crippen LogP contribution is 2.19. The summed E-state index contributed by atoms with van der Waals surface area (Å²) in [5.41, 5.74) is 0. The predicted molar refractivity (Wildman–Crippen MR) is 86.7 cm³/mol. The van der Waals surface area contributed by atoms with E-state index in [1.165, 1.54) is 12.8 Å². The molecule has 2 aromatic rings. The molecule has 0 aliphatic carbocycles. The van der Waals surface area contributed by atoms with Gasteiger partial charge < -0.3 is 19.0 Å². The summed E-state index contributed by atoms with van der Waals surface area (Å²) in [6.45, 7) is 4.01. The minimum atomic E-state index is -0.174. The highest BCUT2D eigenvalue weighted by molar-refractivity contribution is 5.91. The van der Waals surface area contributed by atoms with Gasteiger partial charge in [-0.05, 0) is 38.1 Å². The number of furan rings is 1. The number of carbonyl (C=O) groups is 1. The summed E-state index contributed by atoms with van der Waals surface area (Å²) < 4.78 is 13.2. The SMILES string of the molecule is O=C(N[C@H]1COC[C@@H]1N1CCCC1)c1ccc(Cn2ccnc2)o1. The Balaban J connectivity index is 1.38. The van der Waals surface area contributed by atoms with E-state index in [1.54, 1.807) is 18.6 Å². The van der Waals surface area contributed by atoms with Crippen molar-refractivity contribution in [3.8, 4) is 0 Å². The van der Waals surface area contributed by atoms with Crippen molar-refractivity contribution in [2.24, 2.45) is 0 Å². The molecule has 24 heavy (non-hydrogen) atoms. The molecule has 0 radical (unpaired) electrons. The third-order valence-corrected chi connectivity index (χ3v) is 4.76. The molecular formula is C17H22N4O3. The van der Waals surface area contributed by atoms with Gasteiger partial charge in [0.05, 0.1) is 38.2 Å². The molecule has 4 rings (SSSR count). The van der Waals surface area contributed by atoms with Crippen molar-refractivity contribution >= 4 is 5.91 Å². The monoisotopic (exact) mass is 330 g/mol. The largest absolute Gasteiger partial charge is 0.454 e. The lowest BCUT2D eigenvalue weighted by molar-refractivity contribution is 0.0886. The second-order valence-corrected chi connectivity index (χ2v) is 6.43. The average Bonchev–Trinajstić information content (AvgIpc) is 3.36. The first-order valence-corrected chi connectivity index (χ1v) is 8.47. The van der Waals surface area contributed by atoms with Crippen LogP contribution >= 0.6 is 0 Å². The zero-order chi connectivity index (χ0) is 16.4. The second kappa shape index (κ2) is 6.78. The smallest absolute Gasteiger partial charge is 0.287 e. The quantitative estimate of drug-likeness (QED) is 0.889. The highest BCUT2D eigenvalue weighted by atomic mass is 16.5. The van der Waals surface area contributed by atoms with Crippen molar-refractivity contribution in [2.75, 3.05) is 26.3 Å². The first-order valence-electron chi connectivity index (χ1n) is 8.47. The number of ether oxygens (including phenoxy) is 1. The van der Waals surface area contributed by atoms with Crippen LogP contribution in [0.15, 0.2) is 35.3 Å². The first kappa shape index (κ1) is 15.4. The van der Waals surface area contributed by atoms with Crippen LogP contribution in [0.5, 0.6) is 0 Å². The number of nitrogens with zero attached hydrogens (tertiary/aromatic N) is 3. The maximum absolute atomic E-state index is 12.5. The van der Waals surface area contributed by atoms with E-state index in [1.807, 2.05) is 16.8 Å². The normalized spacial score (nSPS) is 24.5. The number of nitrogens with one attached hydrogen (secondary N) is 1. The Hall–Kier alpha value is -2.12. The molecule has 7 heteroatoms. The maximum atomic E-state index is 12.5. The Labute approximate surface area is 140 Å². The van der Waals surface area contributed by atoms with Gasteiger partial charge in [0, 0.05) is 12.4 Å². The molecule has 1 amide bonds. The van der Waals surface area contributed by atoms with Gasteiger partial charge in [-0.3, -0.25) is 9.69 Å². The van der Waals surface area contributed by atoms with Gasteiger partial charge in [0.25, 0.3) is 5.91 Å². The number of hydrogen-bond acceptors (Lipinski definition) is 5. The number of rotatable bonds is 5. The molecule has 2 aliphatic rings. The first-order chi connectivity index (χ1) is 11.8. The van der Waals surface area contributed by atoms with Crippen molar-refractivity contribution in [3.05, 3.63) is 42.4 Å². The molecule has 2 aromatic heterocycles. The zero-order valence-corrected chi connectivity index (χ0v) is 13.6. The van der Waals surface area contributed by atoms with Gasteiger partial charge in [-0.1, -0.05) is 0 Å². The van der Waals surface area contributed by atoms with Crippen LogP contribution in [0.25, 0.3) is 0 Å². The maximum Gasteiger partial charge on any atom is 0.287 e.